The SMILES string of the molecule is CCCC(C)CC(=O)NCc1ccnc(Oc2ccc(F)cc2)c1. The molecule has 1 aromatic carbocycles. The number of hydrogen-bond acceptors (Lipinski definition) is 3. The number of carbonyl (C=O) groups is 1. The number of nitrogens with zero attached hydrogens (tertiary/aromatic N) is 1. The molecular weight excluding hydrogens is 307 g/mol. The van der Waals surface area contributed by atoms with E-state index in [1.54, 1.807) is 24.4 Å². The third-order valence-corrected chi connectivity index (χ3v) is 3.64. The number of amides is 1. The first kappa shape index (κ1) is 17.9. The zero-order valence-electron chi connectivity index (χ0n) is 14.1. The zero-order chi connectivity index (χ0) is 17.4. The molecule has 1 heterocycles. The van der Waals surface area contributed by atoms with Crippen LogP contribution >= 0.6 is 0 Å². The van der Waals surface area contributed by atoms with Gasteiger partial charge in [0.2, 0.25) is 11.8 Å². The quantitative estimate of drug-likeness (QED) is 0.777. The fraction of sp³-hybridized carbons (Fsp3) is 0.368. The van der Waals surface area contributed by atoms with Crippen molar-refractivity contribution in [3.05, 3.63) is 54.0 Å². The van der Waals surface area contributed by atoms with Crippen molar-refractivity contribution in [1.82, 2.24) is 10.3 Å². The second-order valence-corrected chi connectivity index (χ2v) is 5.93. The molecule has 0 bridgehead atoms. The highest BCUT2D eigenvalue weighted by molar-refractivity contribution is 5.76. The van der Waals surface area contributed by atoms with Crippen LogP contribution in [-0.2, 0) is 11.3 Å². The minimum absolute atomic E-state index is 0.0498. The van der Waals surface area contributed by atoms with Crippen LogP contribution < -0.4 is 10.1 Å². The number of hydrogen-bond donors (Lipinski definition) is 1. The number of pyridine rings is 1. The monoisotopic (exact) mass is 330 g/mol. The lowest BCUT2D eigenvalue weighted by Crippen LogP contribution is -2.24. The molecule has 1 amide bonds. The third-order valence-electron chi connectivity index (χ3n) is 3.64. The van der Waals surface area contributed by atoms with Crippen molar-refractivity contribution in [2.45, 2.75) is 39.7 Å². The van der Waals surface area contributed by atoms with E-state index in [-0.39, 0.29) is 11.7 Å². The van der Waals surface area contributed by atoms with Gasteiger partial charge in [0.25, 0.3) is 0 Å². The third kappa shape index (κ3) is 5.99. The molecule has 1 unspecified atom stereocenters. The normalized spacial score (nSPS) is 11.8. The summed E-state index contributed by atoms with van der Waals surface area (Å²) in [5.41, 5.74) is 0.901. The first-order valence-electron chi connectivity index (χ1n) is 8.22. The summed E-state index contributed by atoms with van der Waals surface area (Å²) in [6.07, 6.45) is 4.30. The van der Waals surface area contributed by atoms with E-state index in [4.69, 9.17) is 4.74 Å². The molecule has 5 heteroatoms. The Morgan fingerprint density at radius 3 is 2.75 bits per heavy atom. The van der Waals surface area contributed by atoms with Crippen LogP contribution in [0.5, 0.6) is 11.6 Å². The molecule has 0 aliphatic heterocycles. The minimum Gasteiger partial charge on any atom is -0.439 e. The number of rotatable bonds is 8. The predicted molar refractivity (Wildman–Crippen MR) is 91.2 cm³/mol. The maximum atomic E-state index is 12.9. The lowest BCUT2D eigenvalue weighted by molar-refractivity contribution is -0.122. The molecule has 0 aliphatic carbocycles. The molecule has 2 aromatic rings. The first-order chi connectivity index (χ1) is 11.6. The van der Waals surface area contributed by atoms with E-state index in [2.05, 4.69) is 24.1 Å². The number of ether oxygens (including phenoxy) is 1. The molecule has 1 N–H and O–H groups in total. The standard InChI is InChI=1S/C19H23FN2O2/c1-3-4-14(2)11-18(23)22-13-15-9-10-21-19(12-15)24-17-7-5-16(20)6-8-17/h5-10,12,14H,3-4,11,13H2,1-2H3,(H,22,23). The minimum atomic E-state index is -0.316. The highest BCUT2D eigenvalue weighted by Gasteiger charge is 2.08. The Morgan fingerprint density at radius 2 is 2.04 bits per heavy atom. The van der Waals surface area contributed by atoms with Crippen LogP contribution in [0.15, 0.2) is 42.6 Å². The van der Waals surface area contributed by atoms with Gasteiger partial charge in [0.1, 0.15) is 11.6 Å². The number of nitrogens with one attached hydrogen (secondary N) is 1. The second kappa shape index (κ2) is 9.01. The molecule has 0 radical (unpaired) electrons. The summed E-state index contributed by atoms with van der Waals surface area (Å²) >= 11 is 0. The molecule has 24 heavy (non-hydrogen) atoms. The Morgan fingerprint density at radius 1 is 1.29 bits per heavy atom. The topological polar surface area (TPSA) is 51.2 Å². The van der Waals surface area contributed by atoms with Gasteiger partial charge in [-0.3, -0.25) is 4.79 Å². The van der Waals surface area contributed by atoms with Gasteiger partial charge in [0.15, 0.2) is 0 Å². The lowest BCUT2D eigenvalue weighted by atomic mass is 10.0. The number of halogens is 1. The maximum Gasteiger partial charge on any atom is 0.220 e. The Balaban J connectivity index is 1.88. The number of carbonyl (C=O) groups excluding carboxylic acids is 1. The number of benzene rings is 1. The van der Waals surface area contributed by atoms with E-state index in [1.165, 1.54) is 12.1 Å². The Kier molecular flexibility index (Phi) is 6.73. The molecule has 128 valence electrons. The summed E-state index contributed by atoms with van der Waals surface area (Å²) < 4.78 is 18.5. The highest BCUT2D eigenvalue weighted by Crippen LogP contribution is 2.20. The Labute approximate surface area is 142 Å². The van der Waals surface area contributed by atoms with E-state index in [9.17, 15) is 9.18 Å². The van der Waals surface area contributed by atoms with Crippen molar-refractivity contribution in [2.24, 2.45) is 5.92 Å². The van der Waals surface area contributed by atoms with Gasteiger partial charge >= 0.3 is 0 Å². The molecule has 2 rings (SSSR count). The maximum absolute atomic E-state index is 12.9. The molecule has 4 nitrogen and oxygen atoms in total. The van der Waals surface area contributed by atoms with E-state index < -0.39 is 0 Å². The van der Waals surface area contributed by atoms with Crippen LogP contribution in [0.1, 0.15) is 38.7 Å². The van der Waals surface area contributed by atoms with Gasteiger partial charge in [-0.15, -0.1) is 0 Å². The van der Waals surface area contributed by atoms with Gasteiger partial charge in [-0.25, -0.2) is 9.37 Å². The Bertz CT molecular complexity index is 659. The Hall–Kier alpha value is -2.43. The van der Waals surface area contributed by atoms with Crippen LogP contribution in [0.25, 0.3) is 0 Å². The van der Waals surface area contributed by atoms with Gasteiger partial charge in [-0.2, -0.15) is 0 Å². The van der Waals surface area contributed by atoms with E-state index in [0.29, 0.717) is 30.5 Å². The fourth-order valence-corrected chi connectivity index (χ4v) is 2.42. The summed E-state index contributed by atoms with van der Waals surface area (Å²) in [7, 11) is 0. The molecule has 1 aromatic heterocycles. The molecule has 1 atom stereocenters. The van der Waals surface area contributed by atoms with Crippen LogP contribution in [0, 0.1) is 11.7 Å². The molecule has 0 aliphatic rings. The van der Waals surface area contributed by atoms with E-state index in [0.717, 1.165) is 18.4 Å². The van der Waals surface area contributed by atoms with Crippen molar-refractivity contribution >= 4 is 5.91 Å². The zero-order valence-corrected chi connectivity index (χ0v) is 14.1. The van der Waals surface area contributed by atoms with Crippen molar-refractivity contribution in [3.63, 3.8) is 0 Å². The molecule has 0 fully saturated rings. The summed E-state index contributed by atoms with van der Waals surface area (Å²) in [6.45, 7) is 4.64. The molecule has 0 spiro atoms. The molecule has 0 saturated heterocycles. The summed E-state index contributed by atoms with van der Waals surface area (Å²) in [4.78, 5) is 16.0. The average molecular weight is 330 g/mol. The van der Waals surface area contributed by atoms with Crippen LogP contribution in [0.3, 0.4) is 0 Å². The fourth-order valence-electron chi connectivity index (χ4n) is 2.42. The van der Waals surface area contributed by atoms with Crippen molar-refractivity contribution in [1.29, 1.82) is 0 Å². The van der Waals surface area contributed by atoms with Crippen LogP contribution in [0.4, 0.5) is 4.39 Å². The van der Waals surface area contributed by atoms with Crippen molar-refractivity contribution < 1.29 is 13.9 Å². The smallest absolute Gasteiger partial charge is 0.220 e. The van der Waals surface area contributed by atoms with Gasteiger partial charge in [0, 0.05) is 25.2 Å². The van der Waals surface area contributed by atoms with Gasteiger partial charge in [-0.05, 0) is 41.8 Å². The summed E-state index contributed by atoms with van der Waals surface area (Å²) in [5, 5.41) is 2.91. The van der Waals surface area contributed by atoms with Gasteiger partial charge < -0.3 is 10.1 Å². The van der Waals surface area contributed by atoms with Crippen LogP contribution in [-0.4, -0.2) is 10.9 Å². The number of aromatic nitrogens is 1. The van der Waals surface area contributed by atoms with Gasteiger partial charge in [0.05, 0.1) is 0 Å². The largest absolute Gasteiger partial charge is 0.439 e. The summed E-state index contributed by atoms with van der Waals surface area (Å²) in [6, 6.07) is 9.33. The van der Waals surface area contributed by atoms with E-state index in [1.807, 2.05) is 6.07 Å². The molecule has 0 saturated carbocycles. The average Bonchev–Trinajstić information content (AvgIpc) is 2.56. The first-order valence-corrected chi connectivity index (χ1v) is 8.22. The van der Waals surface area contributed by atoms with Crippen molar-refractivity contribution in [3.8, 4) is 11.6 Å². The lowest BCUT2D eigenvalue weighted by Gasteiger charge is -2.11. The highest BCUT2D eigenvalue weighted by atomic mass is 19.1. The summed E-state index contributed by atoms with van der Waals surface area (Å²) in [5.74, 6) is 1.05. The van der Waals surface area contributed by atoms with Crippen LogP contribution in [0.2, 0.25) is 0 Å². The molecular formula is C19H23FN2O2. The van der Waals surface area contributed by atoms with Crippen molar-refractivity contribution in [2.75, 3.05) is 0 Å². The van der Waals surface area contributed by atoms with Gasteiger partial charge in [-0.1, -0.05) is 26.7 Å². The van der Waals surface area contributed by atoms with E-state index >= 15 is 0 Å². The second-order valence-electron chi connectivity index (χ2n) is 5.93. The predicted octanol–water partition coefficient (Wildman–Crippen LogP) is 4.46.